The van der Waals surface area contributed by atoms with Gasteiger partial charge in [0.2, 0.25) is 5.91 Å². The number of thiophene rings is 1. The summed E-state index contributed by atoms with van der Waals surface area (Å²) >= 11 is 1.83. The zero-order valence-corrected chi connectivity index (χ0v) is 11.8. The minimum Gasteiger partial charge on any atom is -0.335 e. The van der Waals surface area contributed by atoms with Crippen molar-refractivity contribution < 1.29 is 4.79 Å². The lowest BCUT2D eigenvalue weighted by Gasteiger charge is -2.39. The molecule has 4 heteroatoms. The molecule has 0 aromatic carbocycles. The summed E-state index contributed by atoms with van der Waals surface area (Å²) in [4.78, 5) is 16.1. The van der Waals surface area contributed by atoms with Crippen LogP contribution >= 0.6 is 11.3 Å². The van der Waals surface area contributed by atoms with Crippen LogP contribution in [0.2, 0.25) is 0 Å². The highest BCUT2D eigenvalue weighted by Crippen LogP contribution is 2.34. The predicted molar refractivity (Wildman–Crippen MR) is 73.7 cm³/mol. The third-order valence-corrected chi connectivity index (χ3v) is 5.47. The fourth-order valence-electron chi connectivity index (χ4n) is 2.94. The van der Waals surface area contributed by atoms with Gasteiger partial charge in [-0.1, -0.05) is 6.92 Å². The van der Waals surface area contributed by atoms with Gasteiger partial charge in [0.25, 0.3) is 0 Å². The van der Waals surface area contributed by atoms with E-state index >= 15 is 0 Å². The Morgan fingerprint density at radius 2 is 2.33 bits per heavy atom. The van der Waals surface area contributed by atoms with Crippen LogP contribution in [0.3, 0.4) is 0 Å². The Kier molecular flexibility index (Phi) is 3.16. The van der Waals surface area contributed by atoms with E-state index in [1.54, 1.807) is 0 Å². The van der Waals surface area contributed by atoms with E-state index in [1.165, 1.54) is 10.4 Å². The first-order valence-electron chi connectivity index (χ1n) is 6.76. The Balaban J connectivity index is 1.75. The molecule has 0 saturated carbocycles. The molecule has 2 aliphatic heterocycles. The van der Waals surface area contributed by atoms with E-state index in [0.717, 1.165) is 26.1 Å². The number of hydrogen-bond acceptors (Lipinski definition) is 3. The van der Waals surface area contributed by atoms with Gasteiger partial charge in [-0.25, -0.2) is 0 Å². The second-order valence-corrected chi connectivity index (χ2v) is 6.46. The molecular weight excluding hydrogens is 244 g/mol. The smallest absolute Gasteiger partial charge is 0.226 e. The Hall–Kier alpha value is -0.870. The monoisotopic (exact) mass is 264 g/mol. The van der Waals surface area contributed by atoms with Crippen molar-refractivity contribution in [1.29, 1.82) is 0 Å². The Morgan fingerprint density at radius 3 is 3.00 bits per heavy atom. The second kappa shape index (κ2) is 4.67. The van der Waals surface area contributed by atoms with Crippen LogP contribution < -0.4 is 5.32 Å². The van der Waals surface area contributed by atoms with Crippen molar-refractivity contribution in [3.05, 3.63) is 21.9 Å². The maximum Gasteiger partial charge on any atom is 0.226 e. The third kappa shape index (κ3) is 1.88. The number of hydrogen-bond donors (Lipinski definition) is 1. The molecule has 1 N–H and O–H groups in total. The zero-order chi connectivity index (χ0) is 12.7. The summed E-state index contributed by atoms with van der Waals surface area (Å²) in [5.41, 5.74) is 1.36. The molecule has 1 aromatic heterocycles. The maximum absolute atomic E-state index is 12.6. The van der Waals surface area contributed by atoms with Crippen LogP contribution in [0.1, 0.15) is 30.3 Å². The molecule has 1 saturated heterocycles. The van der Waals surface area contributed by atoms with E-state index in [1.807, 2.05) is 11.3 Å². The number of nitrogens with zero attached hydrogens (tertiary/aromatic N) is 1. The molecule has 3 heterocycles. The molecule has 3 rings (SSSR count). The lowest BCUT2D eigenvalue weighted by molar-refractivity contribution is -0.140. The van der Waals surface area contributed by atoms with Crippen molar-refractivity contribution in [3.63, 3.8) is 0 Å². The quantitative estimate of drug-likeness (QED) is 0.886. The largest absolute Gasteiger partial charge is 0.335 e. The van der Waals surface area contributed by atoms with Crippen molar-refractivity contribution in [2.45, 2.75) is 26.3 Å². The highest BCUT2D eigenvalue weighted by Gasteiger charge is 2.35. The number of carbonyl (C=O) groups excluding carboxylic acids is 1. The lowest BCUT2D eigenvalue weighted by Crippen LogP contribution is -2.51. The van der Waals surface area contributed by atoms with E-state index in [-0.39, 0.29) is 12.0 Å². The number of carbonyl (C=O) groups is 1. The summed E-state index contributed by atoms with van der Waals surface area (Å²) in [6.07, 6.45) is 1.03. The summed E-state index contributed by atoms with van der Waals surface area (Å²) in [5, 5.41) is 5.40. The van der Waals surface area contributed by atoms with Gasteiger partial charge in [0.15, 0.2) is 0 Å². The summed E-state index contributed by atoms with van der Waals surface area (Å²) in [6.45, 7) is 7.13. The van der Waals surface area contributed by atoms with Gasteiger partial charge in [-0.05, 0) is 49.4 Å². The third-order valence-electron chi connectivity index (χ3n) is 4.47. The molecule has 1 amide bonds. The molecule has 0 spiro atoms. The van der Waals surface area contributed by atoms with Crippen molar-refractivity contribution in [1.82, 2.24) is 10.2 Å². The average molecular weight is 264 g/mol. The number of nitrogens with one attached hydrogen (secondary N) is 1. The molecular formula is C14H20N2OS. The summed E-state index contributed by atoms with van der Waals surface area (Å²) in [6, 6.07) is 2.43. The van der Waals surface area contributed by atoms with Gasteiger partial charge in [0, 0.05) is 17.3 Å². The SMILES string of the molecule is CC(C(=O)N1CCc2sccc2C1C)C1CNC1. The van der Waals surface area contributed by atoms with Crippen LogP contribution in [0.4, 0.5) is 0 Å². The van der Waals surface area contributed by atoms with Gasteiger partial charge in [0.05, 0.1) is 6.04 Å². The van der Waals surface area contributed by atoms with Crippen molar-refractivity contribution >= 4 is 17.2 Å². The van der Waals surface area contributed by atoms with Gasteiger partial charge in [-0.2, -0.15) is 0 Å². The molecule has 98 valence electrons. The number of amides is 1. The normalized spacial score (nSPS) is 25.4. The van der Waals surface area contributed by atoms with Crippen LogP contribution in [0.15, 0.2) is 11.4 Å². The zero-order valence-electron chi connectivity index (χ0n) is 11.0. The molecule has 0 radical (unpaired) electrons. The Bertz CT molecular complexity index is 452. The first kappa shape index (κ1) is 12.2. The van der Waals surface area contributed by atoms with Crippen molar-refractivity contribution in [2.75, 3.05) is 19.6 Å². The lowest BCUT2D eigenvalue weighted by atomic mass is 9.87. The molecule has 1 fully saturated rings. The Morgan fingerprint density at radius 1 is 1.56 bits per heavy atom. The minimum absolute atomic E-state index is 0.161. The van der Waals surface area contributed by atoms with Gasteiger partial charge in [-0.3, -0.25) is 4.79 Å². The van der Waals surface area contributed by atoms with E-state index in [4.69, 9.17) is 0 Å². The second-order valence-electron chi connectivity index (χ2n) is 5.46. The molecule has 0 bridgehead atoms. The van der Waals surface area contributed by atoms with E-state index in [2.05, 4.69) is 35.5 Å². The van der Waals surface area contributed by atoms with Gasteiger partial charge < -0.3 is 10.2 Å². The fraction of sp³-hybridized carbons (Fsp3) is 0.643. The van der Waals surface area contributed by atoms with Crippen LogP contribution in [0, 0.1) is 11.8 Å². The van der Waals surface area contributed by atoms with Crippen molar-refractivity contribution in [3.8, 4) is 0 Å². The number of fused-ring (bicyclic) bond motifs is 1. The van der Waals surface area contributed by atoms with E-state index in [0.29, 0.717) is 11.8 Å². The molecule has 2 atom stereocenters. The van der Waals surface area contributed by atoms with E-state index < -0.39 is 0 Å². The molecule has 18 heavy (non-hydrogen) atoms. The maximum atomic E-state index is 12.6. The van der Waals surface area contributed by atoms with Crippen molar-refractivity contribution in [2.24, 2.45) is 11.8 Å². The van der Waals surface area contributed by atoms with Crippen LogP contribution in [0.25, 0.3) is 0 Å². The molecule has 3 nitrogen and oxygen atoms in total. The Labute approximate surface area is 112 Å². The topological polar surface area (TPSA) is 32.3 Å². The molecule has 0 aliphatic carbocycles. The summed E-state index contributed by atoms with van der Waals surface area (Å²) in [7, 11) is 0. The molecule has 2 unspecified atom stereocenters. The van der Waals surface area contributed by atoms with Crippen LogP contribution in [-0.4, -0.2) is 30.4 Å². The van der Waals surface area contributed by atoms with Crippen LogP contribution in [0.5, 0.6) is 0 Å². The fourth-order valence-corrected chi connectivity index (χ4v) is 3.90. The number of rotatable bonds is 2. The minimum atomic E-state index is 0.161. The molecule has 2 aliphatic rings. The van der Waals surface area contributed by atoms with Gasteiger partial charge in [0.1, 0.15) is 0 Å². The van der Waals surface area contributed by atoms with Gasteiger partial charge in [-0.15, -0.1) is 11.3 Å². The molecule has 1 aromatic rings. The van der Waals surface area contributed by atoms with Crippen LogP contribution in [-0.2, 0) is 11.2 Å². The highest BCUT2D eigenvalue weighted by molar-refractivity contribution is 7.10. The average Bonchev–Trinajstić information content (AvgIpc) is 2.75. The predicted octanol–water partition coefficient (Wildman–Crippen LogP) is 2.05. The van der Waals surface area contributed by atoms with Gasteiger partial charge >= 0.3 is 0 Å². The summed E-state index contributed by atoms with van der Waals surface area (Å²) in [5.74, 6) is 1.04. The summed E-state index contributed by atoms with van der Waals surface area (Å²) < 4.78 is 0. The first-order chi connectivity index (χ1) is 8.68. The first-order valence-corrected chi connectivity index (χ1v) is 7.64. The standard InChI is InChI=1S/C14H20N2OS/c1-9(11-7-15-8-11)14(17)16-5-3-13-12(10(16)2)4-6-18-13/h4,6,9-11,15H,3,5,7-8H2,1-2H3. The highest BCUT2D eigenvalue weighted by atomic mass is 32.1. The van der Waals surface area contributed by atoms with E-state index in [9.17, 15) is 4.79 Å².